The first kappa shape index (κ1) is 24.5. The lowest BCUT2D eigenvalue weighted by Crippen LogP contribution is -2.42. The van der Waals surface area contributed by atoms with Gasteiger partial charge in [0.25, 0.3) is 11.5 Å². The van der Waals surface area contributed by atoms with E-state index in [2.05, 4.69) is 4.98 Å². The number of hydrogen-bond acceptors (Lipinski definition) is 6. The van der Waals surface area contributed by atoms with Crippen LogP contribution in [-0.2, 0) is 11.3 Å². The number of carbonyl (C=O) groups excluding carboxylic acids is 2. The van der Waals surface area contributed by atoms with Crippen molar-refractivity contribution in [1.82, 2.24) is 9.55 Å². The van der Waals surface area contributed by atoms with Crippen LogP contribution in [0.4, 0.5) is 11.5 Å². The molecule has 0 radical (unpaired) electrons. The Balaban J connectivity index is 2.05. The Morgan fingerprint density at radius 2 is 1.71 bits per heavy atom. The molecule has 0 saturated carbocycles. The van der Waals surface area contributed by atoms with E-state index in [1.54, 1.807) is 0 Å². The van der Waals surface area contributed by atoms with Crippen LogP contribution < -0.4 is 26.6 Å². The number of aromatic amines is 1. The fourth-order valence-corrected chi connectivity index (χ4v) is 3.45. The van der Waals surface area contributed by atoms with Crippen molar-refractivity contribution in [1.29, 1.82) is 0 Å². The predicted octanol–water partition coefficient (Wildman–Crippen LogP) is 2.79. The molecule has 0 atom stereocenters. The standard InChI is InChI=1S/C25H28N4O5/c1-16(2)13-14-28(24(32)19-9-11-20(12-10-19)34-17(3)30)21-22(26)29(25(33)27-23(21)31)15-18-7-5-4-6-8-18/h4-12,16H,13-15,26H2,1-3H3,(H,27,31,33). The van der Waals surface area contributed by atoms with Crippen LogP contribution in [0.3, 0.4) is 0 Å². The summed E-state index contributed by atoms with van der Waals surface area (Å²) < 4.78 is 6.26. The molecular weight excluding hydrogens is 436 g/mol. The molecule has 178 valence electrons. The molecule has 0 aliphatic carbocycles. The number of nitrogen functional groups attached to an aromatic ring is 1. The molecule has 2 aromatic carbocycles. The van der Waals surface area contributed by atoms with Gasteiger partial charge in [-0.25, -0.2) is 4.79 Å². The summed E-state index contributed by atoms with van der Waals surface area (Å²) in [5, 5.41) is 0. The fraction of sp³-hybridized carbons (Fsp3) is 0.280. The zero-order valence-electron chi connectivity index (χ0n) is 19.4. The van der Waals surface area contributed by atoms with Crippen LogP contribution in [0.1, 0.15) is 43.1 Å². The van der Waals surface area contributed by atoms with Gasteiger partial charge in [0.1, 0.15) is 11.6 Å². The number of esters is 1. The molecule has 9 nitrogen and oxygen atoms in total. The van der Waals surface area contributed by atoms with Crippen molar-refractivity contribution in [3.8, 4) is 5.75 Å². The third-order valence-corrected chi connectivity index (χ3v) is 5.21. The van der Waals surface area contributed by atoms with Gasteiger partial charge < -0.3 is 15.4 Å². The number of H-pyrrole nitrogens is 1. The summed E-state index contributed by atoms with van der Waals surface area (Å²) >= 11 is 0. The minimum absolute atomic E-state index is 0.0785. The van der Waals surface area contributed by atoms with Crippen molar-refractivity contribution >= 4 is 23.4 Å². The quantitative estimate of drug-likeness (QED) is 0.390. The molecule has 1 amide bonds. The minimum Gasteiger partial charge on any atom is -0.427 e. The SMILES string of the molecule is CC(=O)Oc1ccc(C(=O)N(CCC(C)C)c2c(N)n(Cc3ccccc3)c(=O)[nH]c2=O)cc1. The van der Waals surface area contributed by atoms with Crippen molar-refractivity contribution in [3.05, 3.63) is 86.6 Å². The monoisotopic (exact) mass is 464 g/mol. The van der Waals surface area contributed by atoms with Crippen LogP contribution in [0.15, 0.2) is 64.2 Å². The minimum atomic E-state index is -0.736. The molecule has 0 spiro atoms. The Morgan fingerprint density at radius 1 is 1.06 bits per heavy atom. The van der Waals surface area contributed by atoms with Crippen LogP contribution in [-0.4, -0.2) is 28.0 Å². The van der Waals surface area contributed by atoms with Gasteiger partial charge in [-0.3, -0.25) is 23.9 Å². The average Bonchev–Trinajstić information content (AvgIpc) is 2.79. The van der Waals surface area contributed by atoms with Crippen molar-refractivity contribution in [3.63, 3.8) is 0 Å². The van der Waals surface area contributed by atoms with Gasteiger partial charge in [-0.1, -0.05) is 44.2 Å². The van der Waals surface area contributed by atoms with E-state index in [1.165, 1.54) is 40.7 Å². The number of nitrogens with zero attached hydrogens (tertiary/aromatic N) is 2. The van der Waals surface area contributed by atoms with Crippen LogP contribution >= 0.6 is 0 Å². The van der Waals surface area contributed by atoms with E-state index >= 15 is 0 Å². The zero-order valence-corrected chi connectivity index (χ0v) is 19.4. The number of hydrogen-bond donors (Lipinski definition) is 2. The lowest BCUT2D eigenvalue weighted by Gasteiger charge is -2.25. The molecule has 3 aromatic rings. The highest BCUT2D eigenvalue weighted by molar-refractivity contribution is 6.07. The first-order valence-electron chi connectivity index (χ1n) is 10.9. The van der Waals surface area contributed by atoms with Gasteiger partial charge in [-0.15, -0.1) is 0 Å². The van der Waals surface area contributed by atoms with E-state index in [0.29, 0.717) is 12.2 Å². The molecule has 0 aliphatic rings. The third-order valence-electron chi connectivity index (χ3n) is 5.21. The maximum Gasteiger partial charge on any atom is 0.330 e. The number of nitrogens with one attached hydrogen (secondary N) is 1. The highest BCUT2D eigenvalue weighted by atomic mass is 16.5. The molecule has 0 saturated heterocycles. The van der Waals surface area contributed by atoms with Crippen LogP contribution in [0.5, 0.6) is 5.75 Å². The van der Waals surface area contributed by atoms with Crippen LogP contribution in [0, 0.1) is 5.92 Å². The van der Waals surface area contributed by atoms with Crippen molar-refractivity contribution in [2.45, 2.75) is 33.7 Å². The molecule has 0 bridgehead atoms. The molecule has 3 rings (SSSR count). The maximum absolute atomic E-state index is 13.5. The van der Waals surface area contributed by atoms with Gasteiger partial charge in [-0.05, 0) is 42.2 Å². The Hall–Kier alpha value is -4.14. The average molecular weight is 465 g/mol. The zero-order chi connectivity index (χ0) is 24.8. The van der Waals surface area contributed by atoms with Gasteiger partial charge in [0.2, 0.25) is 0 Å². The number of benzene rings is 2. The van der Waals surface area contributed by atoms with E-state index in [4.69, 9.17) is 10.5 Å². The van der Waals surface area contributed by atoms with E-state index in [1.807, 2.05) is 44.2 Å². The number of rotatable bonds is 8. The normalized spacial score (nSPS) is 10.8. The second-order valence-corrected chi connectivity index (χ2v) is 8.32. The molecule has 9 heteroatoms. The molecule has 0 aliphatic heterocycles. The largest absolute Gasteiger partial charge is 0.427 e. The number of amides is 1. The topological polar surface area (TPSA) is 127 Å². The van der Waals surface area contributed by atoms with Gasteiger partial charge in [0.15, 0.2) is 5.69 Å². The van der Waals surface area contributed by atoms with E-state index in [-0.39, 0.29) is 36.1 Å². The van der Waals surface area contributed by atoms with Gasteiger partial charge in [0, 0.05) is 19.0 Å². The molecule has 34 heavy (non-hydrogen) atoms. The number of ether oxygens (including phenoxy) is 1. The van der Waals surface area contributed by atoms with Crippen molar-refractivity contribution in [2.75, 3.05) is 17.2 Å². The van der Waals surface area contributed by atoms with Crippen LogP contribution in [0.2, 0.25) is 0 Å². The third kappa shape index (κ3) is 5.80. The first-order valence-corrected chi connectivity index (χ1v) is 10.9. The second kappa shape index (κ2) is 10.7. The first-order chi connectivity index (χ1) is 16.2. The van der Waals surface area contributed by atoms with Crippen molar-refractivity contribution in [2.24, 2.45) is 5.92 Å². The van der Waals surface area contributed by atoms with Crippen molar-refractivity contribution < 1.29 is 14.3 Å². The summed E-state index contributed by atoms with van der Waals surface area (Å²) in [7, 11) is 0. The molecule has 0 unspecified atom stereocenters. The summed E-state index contributed by atoms with van der Waals surface area (Å²) in [6, 6.07) is 15.2. The Morgan fingerprint density at radius 3 is 2.29 bits per heavy atom. The molecule has 1 heterocycles. The smallest absolute Gasteiger partial charge is 0.330 e. The molecule has 0 fully saturated rings. The lowest BCUT2D eigenvalue weighted by atomic mass is 10.1. The van der Waals surface area contributed by atoms with Gasteiger partial charge >= 0.3 is 11.7 Å². The summed E-state index contributed by atoms with van der Waals surface area (Å²) in [4.78, 5) is 53.6. The summed E-state index contributed by atoms with van der Waals surface area (Å²) in [6.07, 6.45) is 0.605. The maximum atomic E-state index is 13.5. The van der Waals surface area contributed by atoms with Crippen LogP contribution in [0.25, 0.3) is 0 Å². The van der Waals surface area contributed by atoms with E-state index in [0.717, 1.165) is 5.56 Å². The van der Waals surface area contributed by atoms with E-state index < -0.39 is 23.1 Å². The molecule has 1 aromatic heterocycles. The predicted molar refractivity (Wildman–Crippen MR) is 130 cm³/mol. The lowest BCUT2D eigenvalue weighted by molar-refractivity contribution is -0.131. The van der Waals surface area contributed by atoms with Gasteiger partial charge in [-0.2, -0.15) is 0 Å². The summed E-state index contributed by atoms with van der Waals surface area (Å²) in [6.45, 7) is 5.64. The fourth-order valence-electron chi connectivity index (χ4n) is 3.45. The van der Waals surface area contributed by atoms with E-state index in [9.17, 15) is 19.2 Å². The number of aromatic nitrogens is 2. The number of anilines is 2. The highest BCUT2D eigenvalue weighted by Gasteiger charge is 2.25. The molecular formula is C25H28N4O5. The van der Waals surface area contributed by atoms with Gasteiger partial charge in [0.05, 0.1) is 6.54 Å². The summed E-state index contributed by atoms with van der Waals surface area (Å²) in [5.74, 6) is -0.482. The Labute approximate surface area is 196 Å². The summed E-state index contributed by atoms with van der Waals surface area (Å²) in [5.41, 5.74) is 5.95. The highest BCUT2D eigenvalue weighted by Crippen LogP contribution is 2.22. The second-order valence-electron chi connectivity index (χ2n) is 8.32. The Bertz CT molecular complexity index is 1280. The number of nitrogens with two attached hydrogens (primary N) is 1. The molecule has 3 N–H and O–H groups in total. The number of carbonyl (C=O) groups is 2. The Kier molecular flexibility index (Phi) is 7.68.